The van der Waals surface area contributed by atoms with Gasteiger partial charge in [0.1, 0.15) is 0 Å². The van der Waals surface area contributed by atoms with E-state index in [-0.39, 0.29) is 0 Å². The first kappa shape index (κ1) is 13.9. The number of nitrogens with one attached hydrogen (secondary N) is 1. The molecule has 102 valence electrons. The second-order valence-corrected chi connectivity index (χ2v) is 5.17. The normalized spacial score (nSPS) is 10.9. The molecule has 0 unspecified atom stereocenters. The van der Waals surface area contributed by atoms with Crippen LogP contribution in [-0.2, 0) is 6.54 Å². The Balaban J connectivity index is 2.12. The first-order valence-corrected chi connectivity index (χ1v) is 7.17. The summed E-state index contributed by atoms with van der Waals surface area (Å²) in [5.41, 5.74) is 5.26. The van der Waals surface area contributed by atoms with E-state index in [4.69, 9.17) is 0 Å². The van der Waals surface area contributed by atoms with Gasteiger partial charge < -0.3 is 9.88 Å². The molecular weight excluding hydrogens is 232 g/mol. The Labute approximate surface area is 116 Å². The van der Waals surface area contributed by atoms with Gasteiger partial charge >= 0.3 is 0 Å². The summed E-state index contributed by atoms with van der Waals surface area (Å²) < 4.78 is 2.27. The van der Waals surface area contributed by atoms with Gasteiger partial charge in [0.15, 0.2) is 0 Å². The van der Waals surface area contributed by atoms with E-state index in [1.807, 2.05) is 0 Å². The number of hydrogen-bond donors (Lipinski definition) is 1. The quantitative estimate of drug-likeness (QED) is 0.773. The van der Waals surface area contributed by atoms with Crippen LogP contribution in [0.5, 0.6) is 0 Å². The molecule has 1 heterocycles. The molecule has 0 saturated carbocycles. The molecular formula is C17H24N2. The molecule has 0 amide bonds. The SMILES string of the molecule is CCCCNCc1cccn1-c1ccc(C)c(C)c1. The average molecular weight is 256 g/mol. The standard InChI is InChI=1S/C17H24N2/c1-4-5-10-18-13-17-7-6-11-19(17)16-9-8-14(2)15(3)12-16/h6-9,11-12,18H,4-5,10,13H2,1-3H3. The van der Waals surface area contributed by atoms with E-state index in [1.54, 1.807) is 0 Å². The molecule has 0 radical (unpaired) electrons. The molecule has 0 fully saturated rings. The van der Waals surface area contributed by atoms with Gasteiger partial charge in [0, 0.05) is 24.1 Å². The molecule has 19 heavy (non-hydrogen) atoms. The lowest BCUT2D eigenvalue weighted by molar-refractivity contribution is 0.627. The van der Waals surface area contributed by atoms with E-state index >= 15 is 0 Å². The molecule has 0 atom stereocenters. The minimum atomic E-state index is 0.930. The number of hydrogen-bond acceptors (Lipinski definition) is 1. The number of benzene rings is 1. The third-order valence-corrected chi connectivity index (χ3v) is 3.62. The molecule has 0 aliphatic rings. The van der Waals surface area contributed by atoms with Crippen molar-refractivity contribution in [1.29, 1.82) is 0 Å². The fourth-order valence-corrected chi connectivity index (χ4v) is 2.21. The van der Waals surface area contributed by atoms with Crippen LogP contribution in [0.15, 0.2) is 36.5 Å². The molecule has 2 heteroatoms. The Hall–Kier alpha value is -1.54. The van der Waals surface area contributed by atoms with E-state index in [9.17, 15) is 0 Å². The lowest BCUT2D eigenvalue weighted by Gasteiger charge is -2.12. The van der Waals surface area contributed by atoms with Crippen molar-refractivity contribution in [3.05, 3.63) is 53.3 Å². The monoisotopic (exact) mass is 256 g/mol. The summed E-state index contributed by atoms with van der Waals surface area (Å²) in [4.78, 5) is 0. The lowest BCUT2D eigenvalue weighted by Crippen LogP contribution is -2.16. The van der Waals surface area contributed by atoms with Gasteiger partial charge in [0.2, 0.25) is 0 Å². The highest BCUT2D eigenvalue weighted by Gasteiger charge is 2.04. The Bertz CT molecular complexity index is 526. The van der Waals surface area contributed by atoms with E-state index in [0.717, 1.165) is 13.1 Å². The molecule has 0 bridgehead atoms. The molecule has 2 nitrogen and oxygen atoms in total. The Morgan fingerprint density at radius 3 is 2.68 bits per heavy atom. The topological polar surface area (TPSA) is 17.0 Å². The van der Waals surface area contributed by atoms with Gasteiger partial charge in [-0.1, -0.05) is 19.4 Å². The minimum Gasteiger partial charge on any atom is -0.320 e. The fourth-order valence-electron chi connectivity index (χ4n) is 2.21. The molecule has 2 rings (SSSR count). The minimum absolute atomic E-state index is 0.930. The van der Waals surface area contributed by atoms with Crippen molar-refractivity contribution in [2.75, 3.05) is 6.54 Å². The molecule has 1 aromatic carbocycles. The van der Waals surface area contributed by atoms with Crippen molar-refractivity contribution in [3.8, 4) is 5.69 Å². The zero-order valence-corrected chi connectivity index (χ0v) is 12.2. The molecule has 1 N–H and O–H groups in total. The summed E-state index contributed by atoms with van der Waals surface area (Å²) in [6, 6.07) is 10.9. The molecule has 1 aromatic heterocycles. The van der Waals surface area contributed by atoms with Crippen LogP contribution in [-0.4, -0.2) is 11.1 Å². The first-order valence-electron chi connectivity index (χ1n) is 7.17. The number of nitrogens with zero attached hydrogens (tertiary/aromatic N) is 1. The zero-order valence-electron chi connectivity index (χ0n) is 12.2. The van der Waals surface area contributed by atoms with E-state index in [0.29, 0.717) is 0 Å². The third kappa shape index (κ3) is 3.48. The Morgan fingerprint density at radius 1 is 1.11 bits per heavy atom. The summed E-state index contributed by atoms with van der Waals surface area (Å²) in [7, 11) is 0. The average Bonchev–Trinajstić information content (AvgIpc) is 2.86. The number of rotatable bonds is 6. The maximum atomic E-state index is 3.50. The van der Waals surface area contributed by atoms with Crippen molar-refractivity contribution in [2.24, 2.45) is 0 Å². The van der Waals surface area contributed by atoms with Crippen LogP contribution in [0.3, 0.4) is 0 Å². The van der Waals surface area contributed by atoms with Gasteiger partial charge in [-0.3, -0.25) is 0 Å². The zero-order chi connectivity index (χ0) is 13.7. The van der Waals surface area contributed by atoms with Crippen molar-refractivity contribution < 1.29 is 0 Å². The highest BCUT2D eigenvalue weighted by Crippen LogP contribution is 2.16. The largest absolute Gasteiger partial charge is 0.320 e. The van der Waals surface area contributed by atoms with Crippen LogP contribution >= 0.6 is 0 Å². The van der Waals surface area contributed by atoms with E-state index in [2.05, 4.69) is 67.2 Å². The molecule has 0 saturated heterocycles. The summed E-state index contributed by atoms with van der Waals surface area (Å²) in [5.74, 6) is 0. The summed E-state index contributed by atoms with van der Waals surface area (Å²) in [5, 5.41) is 3.50. The van der Waals surface area contributed by atoms with E-state index in [1.165, 1.54) is 35.3 Å². The van der Waals surface area contributed by atoms with Crippen LogP contribution in [0.25, 0.3) is 5.69 Å². The van der Waals surface area contributed by atoms with Crippen LogP contribution in [0.4, 0.5) is 0 Å². The van der Waals surface area contributed by atoms with Crippen LogP contribution in [0, 0.1) is 13.8 Å². The van der Waals surface area contributed by atoms with Crippen molar-refractivity contribution in [1.82, 2.24) is 9.88 Å². The first-order chi connectivity index (χ1) is 9.22. The van der Waals surface area contributed by atoms with Gasteiger partial charge in [0.25, 0.3) is 0 Å². The van der Waals surface area contributed by atoms with Crippen LogP contribution in [0.1, 0.15) is 36.6 Å². The predicted octanol–water partition coefficient (Wildman–Crippen LogP) is 3.98. The lowest BCUT2D eigenvalue weighted by atomic mass is 10.1. The molecule has 2 aromatic rings. The number of aryl methyl sites for hydroxylation is 2. The predicted molar refractivity (Wildman–Crippen MR) is 81.9 cm³/mol. The Morgan fingerprint density at radius 2 is 1.95 bits per heavy atom. The summed E-state index contributed by atoms with van der Waals surface area (Å²) >= 11 is 0. The highest BCUT2D eigenvalue weighted by molar-refractivity contribution is 5.41. The number of aromatic nitrogens is 1. The van der Waals surface area contributed by atoms with Crippen molar-refractivity contribution in [3.63, 3.8) is 0 Å². The van der Waals surface area contributed by atoms with Gasteiger partial charge in [-0.25, -0.2) is 0 Å². The smallest absolute Gasteiger partial charge is 0.0455 e. The summed E-state index contributed by atoms with van der Waals surface area (Å²) in [6.07, 6.45) is 4.62. The second kappa shape index (κ2) is 6.58. The van der Waals surface area contributed by atoms with Gasteiger partial charge in [-0.15, -0.1) is 0 Å². The Kier molecular flexibility index (Phi) is 4.80. The van der Waals surface area contributed by atoms with Crippen LogP contribution < -0.4 is 5.32 Å². The van der Waals surface area contributed by atoms with Crippen molar-refractivity contribution >= 4 is 0 Å². The summed E-state index contributed by atoms with van der Waals surface area (Å²) in [6.45, 7) is 8.57. The fraction of sp³-hybridized carbons (Fsp3) is 0.412. The highest BCUT2D eigenvalue weighted by atomic mass is 15.0. The van der Waals surface area contributed by atoms with Crippen LogP contribution in [0.2, 0.25) is 0 Å². The number of unbranched alkanes of at least 4 members (excludes halogenated alkanes) is 1. The van der Waals surface area contributed by atoms with Gasteiger partial charge in [0.05, 0.1) is 0 Å². The van der Waals surface area contributed by atoms with E-state index < -0.39 is 0 Å². The van der Waals surface area contributed by atoms with Gasteiger partial charge in [-0.05, 0) is 62.2 Å². The maximum Gasteiger partial charge on any atom is 0.0455 e. The molecule has 0 aliphatic heterocycles. The third-order valence-electron chi connectivity index (χ3n) is 3.62. The maximum absolute atomic E-state index is 3.50. The van der Waals surface area contributed by atoms with Crippen molar-refractivity contribution in [2.45, 2.75) is 40.2 Å². The molecule has 0 spiro atoms. The second-order valence-electron chi connectivity index (χ2n) is 5.17. The molecule has 0 aliphatic carbocycles. The van der Waals surface area contributed by atoms with Gasteiger partial charge in [-0.2, -0.15) is 0 Å².